The van der Waals surface area contributed by atoms with Crippen LogP contribution in [0.15, 0.2) is 17.5 Å². The number of thiophene rings is 1. The lowest BCUT2D eigenvalue weighted by Crippen LogP contribution is -2.19. The average Bonchev–Trinajstić information content (AvgIpc) is 2.96. The van der Waals surface area contributed by atoms with Gasteiger partial charge >= 0.3 is 0 Å². The van der Waals surface area contributed by atoms with Gasteiger partial charge in [-0.1, -0.05) is 33.8 Å². The van der Waals surface area contributed by atoms with E-state index in [1.165, 1.54) is 20.5 Å². The Bertz CT molecular complexity index is 498. The van der Waals surface area contributed by atoms with Crippen molar-refractivity contribution in [2.24, 2.45) is 5.92 Å². The summed E-state index contributed by atoms with van der Waals surface area (Å²) in [6, 6.07) is 4.24. The Labute approximate surface area is 123 Å². The van der Waals surface area contributed by atoms with Crippen LogP contribution in [-0.2, 0) is 6.54 Å². The molecule has 0 aliphatic rings. The summed E-state index contributed by atoms with van der Waals surface area (Å²) in [5, 5.41) is 6.81. The van der Waals surface area contributed by atoms with E-state index in [0.717, 1.165) is 13.1 Å². The van der Waals surface area contributed by atoms with Gasteiger partial charge in [0.15, 0.2) is 0 Å². The Morgan fingerprint density at radius 1 is 1.26 bits per heavy atom. The lowest BCUT2D eigenvalue weighted by molar-refractivity contribution is 0.552. The molecule has 0 aliphatic heterocycles. The normalized spacial score (nSPS) is 11.7. The molecule has 0 unspecified atom stereocenters. The molecule has 4 heteroatoms. The van der Waals surface area contributed by atoms with Gasteiger partial charge in [0.05, 0.1) is 10.6 Å². The molecule has 2 aromatic heterocycles. The van der Waals surface area contributed by atoms with E-state index in [4.69, 9.17) is 4.98 Å². The molecule has 2 aromatic rings. The minimum absolute atomic E-state index is 0.487. The molecule has 0 fully saturated rings. The summed E-state index contributed by atoms with van der Waals surface area (Å²) in [6.07, 6.45) is 0. The maximum Gasteiger partial charge on any atom is 0.133 e. The highest BCUT2D eigenvalue weighted by atomic mass is 32.1. The van der Waals surface area contributed by atoms with Gasteiger partial charge in [-0.25, -0.2) is 4.98 Å². The van der Waals surface area contributed by atoms with Crippen LogP contribution in [0.5, 0.6) is 0 Å². The molecule has 2 nitrogen and oxygen atoms in total. The molecule has 0 saturated carbocycles. The van der Waals surface area contributed by atoms with Gasteiger partial charge in [0.25, 0.3) is 0 Å². The Kier molecular flexibility index (Phi) is 5.13. The van der Waals surface area contributed by atoms with Gasteiger partial charge in [0.1, 0.15) is 5.01 Å². The lowest BCUT2D eigenvalue weighted by Gasteiger charge is -2.08. The van der Waals surface area contributed by atoms with E-state index in [0.29, 0.717) is 11.8 Å². The fourth-order valence-corrected chi connectivity index (χ4v) is 3.90. The zero-order chi connectivity index (χ0) is 13.8. The number of nitrogens with zero attached hydrogens (tertiary/aromatic N) is 1. The first-order chi connectivity index (χ1) is 9.08. The summed E-state index contributed by atoms with van der Waals surface area (Å²) >= 11 is 3.60. The van der Waals surface area contributed by atoms with Crippen LogP contribution in [0.4, 0.5) is 0 Å². The van der Waals surface area contributed by atoms with Gasteiger partial charge in [-0.15, -0.1) is 22.7 Å². The molecule has 0 radical (unpaired) electrons. The number of aromatic nitrogens is 1. The van der Waals surface area contributed by atoms with E-state index >= 15 is 0 Å². The van der Waals surface area contributed by atoms with E-state index in [9.17, 15) is 0 Å². The molecule has 0 aliphatic carbocycles. The molecule has 2 rings (SSSR count). The summed E-state index contributed by atoms with van der Waals surface area (Å²) in [4.78, 5) is 7.51. The highest BCUT2D eigenvalue weighted by Gasteiger charge is 2.15. The van der Waals surface area contributed by atoms with Gasteiger partial charge < -0.3 is 5.32 Å². The molecule has 0 saturated heterocycles. The van der Waals surface area contributed by atoms with Crippen molar-refractivity contribution in [3.05, 3.63) is 28.1 Å². The Morgan fingerprint density at radius 2 is 2.05 bits per heavy atom. The molecule has 0 bridgehead atoms. The van der Waals surface area contributed by atoms with E-state index < -0.39 is 0 Å². The van der Waals surface area contributed by atoms with Crippen LogP contribution in [0.2, 0.25) is 0 Å². The molecule has 2 heterocycles. The topological polar surface area (TPSA) is 24.9 Å². The first kappa shape index (κ1) is 14.7. The third-order valence-corrected chi connectivity index (χ3v) is 4.95. The monoisotopic (exact) mass is 294 g/mol. The highest BCUT2D eigenvalue weighted by Crippen LogP contribution is 2.33. The van der Waals surface area contributed by atoms with Crippen molar-refractivity contribution < 1.29 is 0 Å². The van der Waals surface area contributed by atoms with Crippen molar-refractivity contribution in [2.45, 2.75) is 40.2 Å². The number of hydrogen-bond donors (Lipinski definition) is 1. The van der Waals surface area contributed by atoms with Crippen molar-refractivity contribution in [3.8, 4) is 9.88 Å². The second-order valence-electron chi connectivity index (χ2n) is 5.48. The Hall–Kier alpha value is -0.710. The second kappa shape index (κ2) is 6.64. The number of nitrogens with one attached hydrogen (secondary N) is 1. The van der Waals surface area contributed by atoms with Crippen molar-refractivity contribution in [2.75, 3.05) is 6.54 Å². The Morgan fingerprint density at radius 3 is 2.63 bits per heavy atom. The summed E-state index contributed by atoms with van der Waals surface area (Å²) < 4.78 is 0. The lowest BCUT2D eigenvalue weighted by atomic mass is 10.1. The Balaban J connectivity index is 2.16. The van der Waals surface area contributed by atoms with E-state index in [2.05, 4.69) is 50.5 Å². The standard InChI is InChI=1S/C15H22N2S2/c1-10(2)8-16-9-13-14(11(3)4)17-15(19-13)12-6-5-7-18-12/h5-7,10-11,16H,8-9H2,1-4H3. The molecular weight excluding hydrogens is 272 g/mol. The molecule has 1 N–H and O–H groups in total. The largest absolute Gasteiger partial charge is 0.312 e. The van der Waals surface area contributed by atoms with Crippen LogP contribution in [0.3, 0.4) is 0 Å². The fourth-order valence-electron chi connectivity index (χ4n) is 1.92. The molecule has 0 atom stereocenters. The average molecular weight is 294 g/mol. The summed E-state index contributed by atoms with van der Waals surface area (Å²) in [5.41, 5.74) is 1.25. The smallest absolute Gasteiger partial charge is 0.133 e. The highest BCUT2D eigenvalue weighted by molar-refractivity contribution is 7.21. The zero-order valence-corrected chi connectivity index (χ0v) is 13.7. The second-order valence-corrected chi connectivity index (χ2v) is 7.52. The maximum absolute atomic E-state index is 4.84. The van der Waals surface area contributed by atoms with Crippen molar-refractivity contribution >= 4 is 22.7 Å². The van der Waals surface area contributed by atoms with Gasteiger partial charge in [0, 0.05) is 11.4 Å². The van der Waals surface area contributed by atoms with Gasteiger partial charge in [-0.3, -0.25) is 0 Å². The van der Waals surface area contributed by atoms with E-state index in [-0.39, 0.29) is 0 Å². The molecule has 104 valence electrons. The van der Waals surface area contributed by atoms with E-state index in [1.807, 2.05) is 11.3 Å². The zero-order valence-electron chi connectivity index (χ0n) is 12.1. The molecule has 0 aromatic carbocycles. The molecule has 0 amide bonds. The summed E-state index contributed by atoms with van der Waals surface area (Å²) in [7, 11) is 0. The fraction of sp³-hybridized carbons (Fsp3) is 0.533. The van der Waals surface area contributed by atoms with Gasteiger partial charge in [0.2, 0.25) is 0 Å². The number of thiazole rings is 1. The third kappa shape index (κ3) is 3.88. The quantitative estimate of drug-likeness (QED) is 0.832. The third-order valence-electron chi connectivity index (χ3n) is 2.84. The SMILES string of the molecule is CC(C)CNCc1sc(-c2cccs2)nc1C(C)C. The molecular formula is C15H22N2S2. The predicted molar refractivity (Wildman–Crippen MR) is 86.1 cm³/mol. The first-order valence-electron chi connectivity index (χ1n) is 6.82. The minimum atomic E-state index is 0.487. The van der Waals surface area contributed by atoms with Crippen LogP contribution < -0.4 is 5.32 Å². The minimum Gasteiger partial charge on any atom is -0.312 e. The van der Waals surface area contributed by atoms with Crippen molar-refractivity contribution in [1.29, 1.82) is 0 Å². The number of hydrogen-bond acceptors (Lipinski definition) is 4. The predicted octanol–water partition coefficient (Wildman–Crippen LogP) is 4.74. The summed E-state index contributed by atoms with van der Waals surface area (Å²) in [6.45, 7) is 10.9. The molecule has 19 heavy (non-hydrogen) atoms. The van der Waals surface area contributed by atoms with E-state index in [1.54, 1.807) is 11.3 Å². The first-order valence-corrected chi connectivity index (χ1v) is 8.51. The van der Waals surface area contributed by atoms with Gasteiger partial charge in [-0.05, 0) is 29.8 Å². The number of rotatable bonds is 6. The van der Waals surface area contributed by atoms with Gasteiger partial charge in [-0.2, -0.15) is 0 Å². The van der Waals surface area contributed by atoms with Crippen LogP contribution in [0.1, 0.15) is 44.2 Å². The summed E-state index contributed by atoms with van der Waals surface area (Å²) in [5.74, 6) is 1.17. The van der Waals surface area contributed by atoms with Crippen molar-refractivity contribution in [3.63, 3.8) is 0 Å². The molecule has 0 spiro atoms. The maximum atomic E-state index is 4.84. The van der Waals surface area contributed by atoms with Crippen LogP contribution >= 0.6 is 22.7 Å². The van der Waals surface area contributed by atoms with Crippen LogP contribution in [0.25, 0.3) is 9.88 Å². The van der Waals surface area contributed by atoms with Crippen LogP contribution in [0, 0.1) is 5.92 Å². The van der Waals surface area contributed by atoms with Crippen LogP contribution in [-0.4, -0.2) is 11.5 Å². The van der Waals surface area contributed by atoms with Crippen molar-refractivity contribution in [1.82, 2.24) is 10.3 Å².